The number of benzene rings is 12. The van der Waals surface area contributed by atoms with Gasteiger partial charge in [-0.05, 0) is 141 Å². The van der Waals surface area contributed by atoms with Crippen LogP contribution in [0.1, 0.15) is 52.7 Å². The second-order valence-corrected chi connectivity index (χ2v) is 18.4. The molecule has 0 aliphatic rings. The molecule has 12 rings (SSSR count). The van der Waals surface area contributed by atoms with Gasteiger partial charge in [-0.25, -0.2) is 0 Å². The zero-order valence-corrected chi connectivity index (χ0v) is 32.9. The van der Waals surface area contributed by atoms with Gasteiger partial charge in [-0.15, -0.1) is 0 Å². The molecule has 0 unspecified atom stereocenters. The first kappa shape index (κ1) is 32.0. The van der Waals surface area contributed by atoms with E-state index in [1.807, 2.05) is 0 Å². The molecule has 0 nitrogen and oxygen atoms in total. The second-order valence-electron chi connectivity index (χ2n) is 18.4. The van der Waals surface area contributed by atoms with Crippen molar-refractivity contribution < 1.29 is 0 Å². The van der Waals surface area contributed by atoms with Gasteiger partial charge in [0.1, 0.15) is 0 Å². The molecule has 0 saturated heterocycles. The smallest absolute Gasteiger partial charge is 0.00203 e. The van der Waals surface area contributed by atoms with Crippen LogP contribution >= 0.6 is 0 Å². The molecule has 0 bridgehead atoms. The van der Waals surface area contributed by atoms with Crippen molar-refractivity contribution in [3.63, 3.8) is 0 Å². The van der Waals surface area contributed by atoms with Gasteiger partial charge >= 0.3 is 0 Å². The van der Waals surface area contributed by atoms with Crippen molar-refractivity contribution in [2.24, 2.45) is 0 Å². The Kier molecular flexibility index (Phi) is 6.15. The third kappa shape index (κ3) is 4.20. The molecule has 0 aliphatic carbocycles. The van der Waals surface area contributed by atoms with Crippen molar-refractivity contribution in [3.8, 4) is 22.3 Å². The van der Waals surface area contributed by atoms with Crippen molar-refractivity contribution >= 4 is 97.0 Å². The first-order chi connectivity index (χ1) is 27.0. The first-order valence-corrected chi connectivity index (χ1v) is 20.2. The van der Waals surface area contributed by atoms with Gasteiger partial charge in [0.25, 0.3) is 0 Å². The van der Waals surface area contributed by atoms with E-state index >= 15 is 0 Å². The normalized spacial score (nSPS) is 13.2. The van der Waals surface area contributed by atoms with E-state index in [-0.39, 0.29) is 10.8 Å². The van der Waals surface area contributed by atoms with Crippen LogP contribution in [0.5, 0.6) is 0 Å². The maximum atomic E-state index is 2.37. The molecule has 0 amide bonds. The summed E-state index contributed by atoms with van der Waals surface area (Å²) >= 11 is 0. The largest absolute Gasteiger partial charge is 0.0573 e. The fourth-order valence-electron chi connectivity index (χ4n) is 10.7. The minimum atomic E-state index is 0.0590. The lowest BCUT2D eigenvalue weighted by atomic mass is 9.80. The lowest BCUT2D eigenvalue weighted by Crippen LogP contribution is -2.11. The Bertz CT molecular complexity index is 3340. The quantitative estimate of drug-likeness (QED) is 0.156. The third-order valence-corrected chi connectivity index (χ3v) is 13.2. The van der Waals surface area contributed by atoms with Crippen molar-refractivity contribution in [1.29, 1.82) is 0 Å². The lowest BCUT2D eigenvalue weighted by molar-refractivity contribution is 0.596. The fourth-order valence-corrected chi connectivity index (χ4v) is 10.7. The molecule has 0 aliphatic heterocycles. The third-order valence-electron chi connectivity index (χ3n) is 13.2. The van der Waals surface area contributed by atoms with E-state index in [9.17, 15) is 0 Å². The SMILES string of the molecule is CC(C)(C)c1ccc2ccc3c(-c4ccc5ccc6c(-c7ccc8ccc9c(C(C)(C)C)ccc%10ccc7c8c%109)ccc7ccc4c5c76)ccc4ccc1c2c43. The van der Waals surface area contributed by atoms with Crippen LogP contribution in [0.2, 0.25) is 0 Å². The molecule has 12 aromatic rings. The van der Waals surface area contributed by atoms with Crippen molar-refractivity contribution in [1.82, 2.24) is 0 Å². The second kappa shape index (κ2) is 10.7. The minimum absolute atomic E-state index is 0.0590. The Morgan fingerprint density at radius 3 is 0.661 bits per heavy atom. The molecule has 0 saturated carbocycles. The van der Waals surface area contributed by atoms with Crippen molar-refractivity contribution in [2.75, 3.05) is 0 Å². The summed E-state index contributed by atoms with van der Waals surface area (Å²) in [5.74, 6) is 0. The molecule has 0 spiro atoms. The highest BCUT2D eigenvalue weighted by Crippen LogP contribution is 2.48. The van der Waals surface area contributed by atoms with Crippen LogP contribution in [-0.4, -0.2) is 0 Å². The summed E-state index contributed by atoms with van der Waals surface area (Å²) in [7, 11) is 0. The van der Waals surface area contributed by atoms with E-state index in [1.54, 1.807) is 0 Å². The van der Waals surface area contributed by atoms with E-state index in [0.29, 0.717) is 0 Å². The standard InChI is InChI=1S/C56H42/c1-55(2,3)47-29-17-35-13-25-43-39(21-9-33-15-27-45(47)53(35)51(33)43)37-19-7-31-12-24-42-38(20-8-32-11-23-41(37)49(31)50(32)42)40-22-10-34-16-28-46-48(56(4,5)6)30-18-36-14-26-44(40)52(34)54(36)46/h7-30H,1-6H3. The van der Waals surface area contributed by atoms with Gasteiger partial charge in [0.05, 0.1) is 0 Å². The van der Waals surface area contributed by atoms with Crippen LogP contribution in [0.3, 0.4) is 0 Å². The molecule has 0 radical (unpaired) electrons. The molecule has 0 heteroatoms. The van der Waals surface area contributed by atoms with E-state index < -0.39 is 0 Å². The van der Waals surface area contributed by atoms with Crippen LogP contribution in [0, 0.1) is 0 Å². The summed E-state index contributed by atoms with van der Waals surface area (Å²) < 4.78 is 0. The van der Waals surface area contributed by atoms with E-state index in [1.165, 1.54) is 130 Å². The van der Waals surface area contributed by atoms with Crippen LogP contribution in [-0.2, 0) is 10.8 Å². The van der Waals surface area contributed by atoms with Crippen molar-refractivity contribution in [3.05, 3.63) is 157 Å². The van der Waals surface area contributed by atoms with Gasteiger partial charge in [-0.1, -0.05) is 187 Å². The average Bonchev–Trinajstić information content (AvgIpc) is 3.20. The summed E-state index contributed by atoms with van der Waals surface area (Å²) in [5.41, 5.74) is 8.12. The zero-order chi connectivity index (χ0) is 37.8. The van der Waals surface area contributed by atoms with Crippen LogP contribution in [0.25, 0.3) is 119 Å². The molecule has 0 N–H and O–H groups in total. The highest BCUT2D eigenvalue weighted by molar-refractivity contribution is 6.32. The predicted octanol–water partition coefficient (Wildman–Crippen LogP) is 16.3. The number of hydrogen-bond acceptors (Lipinski definition) is 0. The highest BCUT2D eigenvalue weighted by atomic mass is 14.3. The van der Waals surface area contributed by atoms with Gasteiger partial charge in [0.15, 0.2) is 0 Å². The zero-order valence-electron chi connectivity index (χ0n) is 32.9. The van der Waals surface area contributed by atoms with Gasteiger partial charge in [-0.2, -0.15) is 0 Å². The van der Waals surface area contributed by atoms with Gasteiger partial charge in [-0.3, -0.25) is 0 Å². The van der Waals surface area contributed by atoms with Gasteiger partial charge in [0, 0.05) is 0 Å². The average molecular weight is 715 g/mol. The molecule has 0 atom stereocenters. The Balaban J connectivity index is 1.12. The fraction of sp³-hybridized carbons (Fsp3) is 0.143. The monoisotopic (exact) mass is 714 g/mol. The maximum absolute atomic E-state index is 2.37. The van der Waals surface area contributed by atoms with E-state index in [4.69, 9.17) is 0 Å². The summed E-state index contributed by atoms with van der Waals surface area (Å²) in [6.45, 7) is 14.0. The molecule has 266 valence electrons. The topological polar surface area (TPSA) is 0 Å². The summed E-state index contributed by atoms with van der Waals surface area (Å²) in [4.78, 5) is 0. The summed E-state index contributed by atoms with van der Waals surface area (Å²) in [5, 5.41) is 24.1. The lowest BCUT2D eigenvalue weighted by Gasteiger charge is -2.24. The van der Waals surface area contributed by atoms with E-state index in [0.717, 1.165) is 0 Å². The van der Waals surface area contributed by atoms with Crippen LogP contribution in [0.15, 0.2) is 146 Å². The molecular formula is C56H42. The van der Waals surface area contributed by atoms with Gasteiger partial charge in [0.2, 0.25) is 0 Å². The predicted molar refractivity (Wildman–Crippen MR) is 246 cm³/mol. The minimum Gasteiger partial charge on any atom is -0.0573 e. The summed E-state index contributed by atoms with van der Waals surface area (Å²) in [6, 6.07) is 56.4. The van der Waals surface area contributed by atoms with Crippen molar-refractivity contribution in [2.45, 2.75) is 52.4 Å². The van der Waals surface area contributed by atoms with Gasteiger partial charge < -0.3 is 0 Å². The Morgan fingerprint density at radius 1 is 0.214 bits per heavy atom. The number of rotatable bonds is 2. The number of hydrogen-bond donors (Lipinski definition) is 0. The Morgan fingerprint density at radius 2 is 0.411 bits per heavy atom. The van der Waals surface area contributed by atoms with E-state index in [2.05, 4.69) is 187 Å². The Hall–Kier alpha value is -6.24. The van der Waals surface area contributed by atoms with Crippen LogP contribution in [0.4, 0.5) is 0 Å². The molecule has 0 aromatic heterocycles. The van der Waals surface area contributed by atoms with Crippen LogP contribution < -0.4 is 0 Å². The molecule has 0 heterocycles. The maximum Gasteiger partial charge on any atom is -0.00203 e. The summed E-state index contributed by atoms with van der Waals surface area (Å²) in [6.07, 6.45) is 0. The molecule has 0 fully saturated rings. The highest BCUT2D eigenvalue weighted by Gasteiger charge is 2.23. The molecule has 12 aromatic carbocycles. The Labute approximate surface area is 327 Å². The molecule has 56 heavy (non-hydrogen) atoms. The molecular weight excluding hydrogens is 673 g/mol. The first-order valence-electron chi connectivity index (χ1n) is 20.2.